The smallest absolute Gasteiger partial charge is 0.309 e. The van der Waals surface area contributed by atoms with Crippen LogP contribution in [0.15, 0.2) is 35.8 Å². The quantitative estimate of drug-likeness (QED) is 0.805. The Morgan fingerprint density at radius 3 is 2.95 bits per heavy atom. The summed E-state index contributed by atoms with van der Waals surface area (Å²) < 4.78 is 1.74. The molecule has 96 valence electrons. The molecule has 3 aromatic rings. The Morgan fingerprint density at radius 2 is 2.26 bits per heavy atom. The number of pyridine rings is 1. The summed E-state index contributed by atoms with van der Waals surface area (Å²) in [6.45, 7) is 0. The summed E-state index contributed by atoms with van der Waals surface area (Å²) in [5.41, 5.74) is 2.05. The van der Waals surface area contributed by atoms with Crippen molar-refractivity contribution in [1.29, 1.82) is 0 Å². The van der Waals surface area contributed by atoms with E-state index in [-0.39, 0.29) is 6.42 Å². The summed E-state index contributed by atoms with van der Waals surface area (Å²) in [5, 5.41) is 11.6. The van der Waals surface area contributed by atoms with Crippen LogP contribution in [0.2, 0.25) is 5.02 Å². The molecular weight excluding hydrogens is 284 g/mol. The molecule has 0 bridgehead atoms. The van der Waals surface area contributed by atoms with Crippen molar-refractivity contribution in [2.75, 3.05) is 0 Å². The third kappa shape index (κ3) is 2.22. The minimum Gasteiger partial charge on any atom is -0.481 e. The molecule has 0 aliphatic rings. The van der Waals surface area contributed by atoms with E-state index in [1.54, 1.807) is 22.7 Å². The molecule has 0 aliphatic heterocycles. The van der Waals surface area contributed by atoms with E-state index in [0.29, 0.717) is 22.1 Å². The molecule has 0 unspecified atom stereocenters. The standard InChI is InChI=1S/C13H9ClN2O2S/c14-8-3-4-11-15-13(10-2-1-5-19-10)9(6-12(17)18)16(11)7-8/h1-5,7H,6H2,(H,17,18). The fraction of sp³-hybridized carbons (Fsp3) is 0.0769. The van der Waals surface area contributed by atoms with Crippen molar-refractivity contribution in [1.82, 2.24) is 9.38 Å². The van der Waals surface area contributed by atoms with E-state index >= 15 is 0 Å². The molecule has 3 aromatic heterocycles. The number of carbonyl (C=O) groups is 1. The van der Waals surface area contributed by atoms with Gasteiger partial charge in [0.25, 0.3) is 0 Å². The average molecular weight is 293 g/mol. The number of hydrogen-bond acceptors (Lipinski definition) is 3. The number of halogens is 1. The maximum Gasteiger partial charge on any atom is 0.309 e. The first-order valence-electron chi connectivity index (χ1n) is 5.57. The number of hydrogen-bond donors (Lipinski definition) is 1. The van der Waals surface area contributed by atoms with E-state index in [9.17, 15) is 4.79 Å². The third-order valence-electron chi connectivity index (χ3n) is 2.75. The Bertz CT molecular complexity index is 749. The highest BCUT2D eigenvalue weighted by molar-refractivity contribution is 7.13. The molecule has 0 spiro atoms. The second-order valence-electron chi connectivity index (χ2n) is 4.03. The summed E-state index contributed by atoms with van der Waals surface area (Å²) in [4.78, 5) is 16.5. The highest BCUT2D eigenvalue weighted by Crippen LogP contribution is 2.29. The Hall–Kier alpha value is -1.85. The van der Waals surface area contributed by atoms with Gasteiger partial charge >= 0.3 is 5.97 Å². The van der Waals surface area contributed by atoms with Crippen molar-refractivity contribution >= 4 is 34.6 Å². The Balaban J connectivity index is 2.28. The molecule has 0 amide bonds. The predicted octanol–water partition coefficient (Wildman–Crippen LogP) is 3.34. The first-order valence-corrected chi connectivity index (χ1v) is 6.83. The summed E-state index contributed by atoms with van der Waals surface area (Å²) in [5.74, 6) is -0.889. The Kier molecular flexibility index (Phi) is 3.00. The lowest BCUT2D eigenvalue weighted by molar-refractivity contribution is -0.136. The monoisotopic (exact) mass is 292 g/mol. The molecule has 4 nitrogen and oxygen atoms in total. The zero-order chi connectivity index (χ0) is 13.4. The lowest BCUT2D eigenvalue weighted by Gasteiger charge is -2.01. The van der Waals surface area contributed by atoms with E-state index in [0.717, 1.165) is 4.88 Å². The number of fused-ring (bicyclic) bond motifs is 1. The first-order chi connectivity index (χ1) is 9.15. The Morgan fingerprint density at radius 1 is 1.42 bits per heavy atom. The maximum absolute atomic E-state index is 11.0. The number of aliphatic carboxylic acids is 1. The van der Waals surface area contributed by atoms with Crippen molar-refractivity contribution in [3.63, 3.8) is 0 Å². The predicted molar refractivity (Wildman–Crippen MR) is 74.9 cm³/mol. The number of carboxylic acid groups (broad SMARTS) is 1. The van der Waals surface area contributed by atoms with Gasteiger partial charge in [0.05, 0.1) is 22.0 Å². The van der Waals surface area contributed by atoms with E-state index in [4.69, 9.17) is 16.7 Å². The van der Waals surface area contributed by atoms with Crippen molar-refractivity contribution in [3.8, 4) is 10.6 Å². The van der Waals surface area contributed by atoms with Gasteiger partial charge in [-0.2, -0.15) is 0 Å². The summed E-state index contributed by atoms with van der Waals surface area (Å²) in [7, 11) is 0. The highest BCUT2D eigenvalue weighted by Gasteiger charge is 2.17. The topological polar surface area (TPSA) is 54.6 Å². The van der Waals surface area contributed by atoms with Crippen LogP contribution < -0.4 is 0 Å². The largest absolute Gasteiger partial charge is 0.481 e. The van der Waals surface area contributed by atoms with Crippen LogP contribution >= 0.6 is 22.9 Å². The van der Waals surface area contributed by atoms with Gasteiger partial charge in [-0.1, -0.05) is 17.7 Å². The zero-order valence-corrected chi connectivity index (χ0v) is 11.3. The van der Waals surface area contributed by atoms with Crippen LogP contribution in [-0.4, -0.2) is 20.5 Å². The van der Waals surface area contributed by atoms with Crippen molar-refractivity contribution < 1.29 is 9.90 Å². The van der Waals surface area contributed by atoms with Crippen molar-refractivity contribution in [2.45, 2.75) is 6.42 Å². The molecular formula is C13H9ClN2O2S. The fourth-order valence-electron chi connectivity index (χ4n) is 1.99. The fourth-order valence-corrected chi connectivity index (χ4v) is 2.89. The van der Waals surface area contributed by atoms with E-state index in [1.165, 1.54) is 11.3 Å². The number of carboxylic acids is 1. The van der Waals surface area contributed by atoms with Crippen LogP contribution in [0.1, 0.15) is 5.69 Å². The van der Waals surface area contributed by atoms with Gasteiger partial charge in [0.2, 0.25) is 0 Å². The van der Waals surface area contributed by atoms with Crippen LogP contribution in [0, 0.1) is 0 Å². The molecule has 0 aromatic carbocycles. The second kappa shape index (κ2) is 4.68. The van der Waals surface area contributed by atoms with Gasteiger partial charge in [-0.3, -0.25) is 4.79 Å². The molecule has 0 aliphatic carbocycles. The van der Waals surface area contributed by atoms with E-state index in [2.05, 4.69) is 4.98 Å². The molecule has 3 heterocycles. The summed E-state index contributed by atoms with van der Waals surface area (Å²) in [6.07, 6.45) is 1.61. The van der Waals surface area contributed by atoms with E-state index in [1.807, 2.05) is 17.5 Å². The molecule has 0 atom stereocenters. The van der Waals surface area contributed by atoms with Crippen LogP contribution in [0.4, 0.5) is 0 Å². The lowest BCUT2D eigenvalue weighted by Crippen LogP contribution is -2.04. The van der Waals surface area contributed by atoms with Gasteiger partial charge in [-0.25, -0.2) is 4.98 Å². The van der Waals surface area contributed by atoms with Gasteiger partial charge < -0.3 is 9.51 Å². The minimum atomic E-state index is -0.889. The number of aromatic nitrogens is 2. The number of imidazole rings is 1. The van der Waals surface area contributed by atoms with Crippen LogP contribution in [0.25, 0.3) is 16.2 Å². The highest BCUT2D eigenvalue weighted by atomic mass is 35.5. The number of rotatable bonds is 3. The van der Waals surface area contributed by atoms with Crippen molar-refractivity contribution in [2.24, 2.45) is 0 Å². The molecule has 0 saturated heterocycles. The molecule has 3 rings (SSSR count). The first kappa shape index (κ1) is 12.2. The molecule has 1 N–H and O–H groups in total. The molecule has 0 radical (unpaired) electrons. The molecule has 0 fully saturated rings. The van der Waals surface area contributed by atoms with Crippen LogP contribution in [-0.2, 0) is 11.2 Å². The van der Waals surface area contributed by atoms with Gasteiger partial charge in [0, 0.05) is 6.20 Å². The average Bonchev–Trinajstić information content (AvgIpc) is 2.97. The zero-order valence-electron chi connectivity index (χ0n) is 9.71. The molecule has 6 heteroatoms. The molecule has 19 heavy (non-hydrogen) atoms. The lowest BCUT2D eigenvalue weighted by atomic mass is 10.2. The third-order valence-corrected chi connectivity index (χ3v) is 3.85. The maximum atomic E-state index is 11.0. The number of nitrogens with zero attached hydrogens (tertiary/aromatic N) is 2. The van der Waals surface area contributed by atoms with Gasteiger partial charge in [-0.05, 0) is 23.6 Å². The number of thiophene rings is 1. The van der Waals surface area contributed by atoms with Gasteiger partial charge in [0.15, 0.2) is 0 Å². The SMILES string of the molecule is O=C(O)Cc1c(-c2cccs2)nc2ccc(Cl)cn12. The molecule has 0 saturated carbocycles. The normalized spacial score (nSPS) is 11.0. The second-order valence-corrected chi connectivity index (χ2v) is 5.41. The van der Waals surface area contributed by atoms with E-state index < -0.39 is 5.97 Å². The van der Waals surface area contributed by atoms with Crippen LogP contribution in [0.5, 0.6) is 0 Å². The van der Waals surface area contributed by atoms with Crippen LogP contribution in [0.3, 0.4) is 0 Å². The Labute approximate surface area is 117 Å². The summed E-state index contributed by atoms with van der Waals surface area (Å²) in [6, 6.07) is 7.37. The van der Waals surface area contributed by atoms with Gasteiger partial charge in [-0.15, -0.1) is 11.3 Å². The van der Waals surface area contributed by atoms with Gasteiger partial charge in [0.1, 0.15) is 11.3 Å². The summed E-state index contributed by atoms with van der Waals surface area (Å²) >= 11 is 7.50. The minimum absolute atomic E-state index is 0.0885. The van der Waals surface area contributed by atoms with Crippen molar-refractivity contribution in [3.05, 3.63) is 46.6 Å².